The summed E-state index contributed by atoms with van der Waals surface area (Å²) in [5, 5.41) is 18.0. The highest BCUT2D eigenvalue weighted by Crippen LogP contribution is 2.31. The first-order valence-electron chi connectivity index (χ1n) is 10.2. The van der Waals surface area contributed by atoms with E-state index in [1.54, 1.807) is 37.6 Å². The molecule has 0 aliphatic heterocycles. The van der Waals surface area contributed by atoms with Crippen molar-refractivity contribution < 1.29 is 13.5 Å². The van der Waals surface area contributed by atoms with Gasteiger partial charge in [-0.05, 0) is 61.9 Å². The van der Waals surface area contributed by atoms with Crippen molar-refractivity contribution in [1.29, 1.82) is 0 Å². The smallest absolute Gasteiger partial charge is 0.240 e. The molecule has 0 radical (unpaired) electrons. The van der Waals surface area contributed by atoms with Crippen molar-refractivity contribution in [3.05, 3.63) is 42.2 Å². The van der Waals surface area contributed by atoms with E-state index in [1.807, 2.05) is 13.0 Å². The summed E-state index contributed by atoms with van der Waals surface area (Å²) in [5.74, 6) is 0.326. The standard InChI is InChI=1S/C21H26N6O3S/c1-13-3-8-17(31(29,30)26-15-4-6-16(28)7-5-15)10-18(13)14-9-19(21(22)23-11-14)20-12-24-27(2)25-20/h3,8-12,15-16,26,28H,4-7H2,1-2H3,(H2,22,23)/t15-,16-. The van der Waals surface area contributed by atoms with Crippen LogP contribution in [-0.4, -0.2) is 45.6 Å². The molecule has 164 valence electrons. The third-order valence-corrected chi connectivity index (χ3v) is 7.16. The number of benzene rings is 1. The second kappa shape index (κ2) is 8.37. The SMILES string of the molecule is Cc1ccc(S(=O)(=O)N[C@H]2CC[C@H](O)CC2)cc1-c1cnc(N)c(-c2cnn(C)n2)c1. The lowest BCUT2D eigenvalue weighted by Crippen LogP contribution is -2.38. The van der Waals surface area contributed by atoms with Crippen LogP contribution < -0.4 is 10.5 Å². The number of nitrogen functional groups attached to an aromatic ring is 1. The molecule has 0 atom stereocenters. The van der Waals surface area contributed by atoms with E-state index in [9.17, 15) is 13.5 Å². The zero-order chi connectivity index (χ0) is 22.2. The minimum Gasteiger partial charge on any atom is -0.393 e. The lowest BCUT2D eigenvalue weighted by Gasteiger charge is -2.26. The molecule has 4 N–H and O–H groups in total. The Morgan fingerprint density at radius 3 is 2.55 bits per heavy atom. The van der Waals surface area contributed by atoms with Gasteiger partial charge in [-0.25, -0.2) is 18.1 Å². The number of sulfonamides is 1. The number of aliphatic hydroxyl groups is 1. The monoisotopic (exact) mass is 442 g/mol. The number of aromatic nitrogens is 4. The average Bonchev–Trinajstić information content (AvgIpc) is 3.16. The number of hydrogen-bond donors (Lipinski definition) is 3. The molecule has 3 aromatic rings. The van der Waals surface area contributed by atoms with Crippen LogP contribution in [0.4, 0.5) is 5.82 Å². The van der Waals surface area contributed by atoms with Crippen LogP contribution in [0.15, 0.2) is 41.6 Å². The molecule has 1 aliphatic rings. The van der Waals surface area contributed by atoms with Gasteiger partial charge >= 0.3 is 0 Å². The predicted octanol–water partition coefficient (Wildman–Crippen LogP) is 2.02. The van der Waals surface area contributed by atoms with Gasteiger partial charge in [-0.15, -0.1) is 0 Å². The number of anilines is 1. The van der Waals surface area contributed by atoms with Gasteiger partial charge in [0.2, 0.25) is 10.0 Å². The number of nitrogens with one attached hydrogen (secondary N) is 1. The molecule has 10 heteroatoms. The number of pyridine rings is 1. The van der Waals surface area contributed by atoms with E-state index in [-0.39, 0.29) is 17.0 Å². The molecule has 1 aliphatic carbocycles. The molecule has 1 aromatic carbocycles. The highest BCUT2D eigenvalue weighted by atomic mass is 32.2. The summed E-state index contributed by atoms with van der Waals surface area (Å²) in [6.07, 6.45) is 5.36. The fraction of sp³-hybridized carbons (Fsp3) is 0.381. The van der Waals surface area contributed by atoms with E-state index < -0.39 is 10.0 Å². The minimum absolute atomic E-state index is 0.167. The number of aryl methyl sites for hydroxylation is 2. The molecule has 2 aromatic heterocycles. The van der Waals surface area contributed by atoms with Crippen LogP contribution in [0.25, 0.3) is 22.4 Å². The van der Waals surface area contributed by atoms with Crippen LogP contribution in [0.5, 0.6) is 0 Å². The van der Waals surface area contributed by atoms with Crippen molar-refractivity contribution in [3.63, 3.8) is 0 Å². The number of nitrogens with zero attached hydrogens (tertiary/aromatic N) is 4. The third kappa shape index (κ3) is 4.60. The molecule has 0 unspecified atom stereocenters. The molecular weight excluding hydrogens is 416 g/mol. The first-order valence-corrected chi connectivity index (χ1v) is 11.6. The molecule has 9 nitrogen and oxygen atoms in total. The molecule has 0 spiro atoms. The highest BCUT2D eigenvalue weighted by molar-refractivity contribution is 7.89. The lowest BCUT2D eigenvalue weighted by atomic mass is 9.94. The first-order chi connectivity index (χ1) is 14.7. The van der Waals surface area contributed by atoms with Gasteiger partial charge in [0.1, 0.15) is 11.5 Å². The number of rotatable bonds is 5. The predicted molar refractivity (Wildman–Crippen MR) is 117 cm³/mol. The topological polar surface area (TPSA) is 136 Å². The Hall–Kier alpha value is -2.82. The quantitative estimate of drug-likeness (QED) is 0.550. The summed E-state index contributed by atoms with van der Waals surface area (Å²) in [7, 11) is -1.98. The van der Waals surface area contributed by atoms with Crippen molar-refractivity contribution in [2.75, 3.05) is 5.73 Å². The van der Waals surface area contributed by atoms with Crippen LogP contribution in [-0.2, 0) is 17.1 Å². The third-order valence-electron chi connectivity index (χ3n) is 5.64. The van der Waals surface area contributed by atoms with E-state index in [0.717, 1.165) is 16.7 Å². The van der Waals surface area contributed by atoms with Gasteiger partial charge in [0, 0.05) is 30.4 Å². The first kappa shape index (κ1) is 21.4. The van der Waals surface area contributed by atoms with E-state index >= 15 is 0 Å². The second-order valence-electron chi connectivity index (χ2n) is 7.98. The maximum Gasteiger partial charge on any atom is 0.240 e. The van der Waals surface area contributed by atoms with E-state index in [2.05, 4.69) is 19.9 Å². The van der Waals surface area contributed by atoms with Gasteiger partial charge in [-0.2, -0.15) is 15.0 Å². The van der Waals surface area contributed by atoms with Gasteiger partial charge in [-0.1, -0.05) is 6.07 Å². The van der Waals surface area contributed by atoms with Crippen LogP contribution >= 0.6 is 0 Å². The maximum atomic E-state index is 13.0. The van der Waals surface area contributed by atoms with E-state index in [0.29, 0.717) is 42.8 Å². The van der Waals surface area contributed by atoms with E-state index in [4.69, 9.17) is 5.73 Å². The van der Waals surface area contributed by atoms with Gasteiger partial charge in [0.25, 0.3) is 0 Å². The van der Waals surface area contributed by atoms with Crippen molar-refractivity contribution in [3.8, 4) is 22.4 Å². The van der Waals surface area contributed by atoms with Crippen LogP contribution in [0.1, 0.15) is 31.2 Å². The summed E-state index contributed by atoms with van der Waals surface area (Å²) in [6.45, 7) is 1.92. The Bertz CT molecular complexity index is 1200. The number of nitrogens with two attached hydrogens (primary N) is 1. The van der Waals surface area contributed by atoms with Crippen LogP contribution in [0.3, 0.4) is 0 Å². The zero-order valence-electron chi connectivity index (χ0n) is 17.5. The van der Waals surface area contributed by atoms with Crippen molar-refractivity contribution in [1.82, 2.24) is 24.7 Å². The number of aliphatic hydroxyl groups excluding tert-OH is 1. The average molecular weight is 443 g/mol. The normalized spacial score (nSPS) is 19.5. The Morgan fingerprint density at radius 2 is 1.87 bits per heavy atom. The summed E-state index contributed by atoms with van der Waals surface area (Å²) in [6, 6.07) is 6.73. The largest absolute Gasteiger partial charge is 0.393 e. The van der Waals surface area contributed by atoms with Crippen LogP contribution in [0.2, 0.25) is 0 Å². The Kier molecular flexibility index (Phi) is 5.78. The zero-order valence-corrected chi connectivity index (χ0v) is 18.3. The molecule has 1 fully saturated rings. The summed E-state index contributed by atoms with van der Waals surface area (Å²) >= 11 is 0. The molecule has 4 rings (SSSR count). The highest BCUT2D eigenvalue weighted by Gasteiger charge is 2.25. The van der Waals surface area contributed by atoms with Crippen molar-refractivity contribution >= 4 is 15.8 Å². The van der Waals surface area contributed by atoms with Gasteiger partial charge in [-0.3, -0.25) is 0 Å². The maximum absolute atomic E-state index is 13.0. The fourth-order valence-corrected chi connectivity index (χ4v) is 5.19. The number of hydrogen-bond acceptors (Lipinski definition) is 7. The van der Waals surface area contributed by atoms with E-state index in [1.165, 1.54) is 4.80 Å². The Labute approximate surface area is 181 Å². The minimum atomic E-state index is -3.69. The molecular formula is C21H26N6O3S. The van der Waals surface area contributed by atoms with Gasteiger partial charge in [0.05, 0.1) is 17.2 Å². The lowest BCUT2D eigenvalue weighted by molar-refractivity contribution is 0.120. The molecule has 1 saturated carbocycles. The second-order valence-corrected chi connectivity index (χ2v) is 9.69. The molecule has 0 saturated heterocycles. The summed E-state index contributed by atoms with van der Waals surface area (Å²) in [5.41, 5.74) is 9.68. The van der Waals surface area contributed by atoms with Crippen molar-refractivity contribution in [2.24, 2.45) is 7.05 Å². The van der Waals surface area contributed by atoms with Crippen LogP contribution in [0, 0.1) is 6.92 Å². The molecule has 2 heterocycles. The molecule has 31 heavy (non-hydrogen) atoms. The molecule has 0 bridgehead atoms. The van der Waals surface area contributed by atoms with Gasteiger partial charge in [0.15, 0.2) is 0 Å². The van der Waals surface area contributed by atoms with Crippen molar-refractivity contribution in [2.45, 2.75) is 49.6 Å². The summed E-state index contributed by atoms with van der Waals surface area (Å²) in [4.78, 5) is 5.92. The Morgan fingerprint density at radius 1 is 1.13 bits per heavy atom. The Balaban J connectivity index is 1.67. The summed E-state index contributed by atoms with van der Waals surface area (Å²) < 4.78 is 28.8. The van der Waals surface area contributed by atoms with Gasteiger partial charge < -0.3 is 10.8 Å². The fourth-order valence-electron chi connectivity index (χ4n) is 3.86. The molecule has 0 amide bonds.